The van der Waals surface area contributed by atoms with Crippen LogP contribution in [0.5, 0.6) is 0 Å². The minimum absolute atomic E-state index is 0.543. The molecule has 0 bridgehead atoms. The van der Waals surface area contributed by atoms with Crippen LogP contribution in [0, 0.1) is 5.92 Å². The number of aliphatic hydroxyl groups excluding tert-OH is 1. The molecule has 0 spiro atoms. The Bertz CT molecular complexity index is 778. The van der Waals surface area contributed by atoms with Crippen LogP contribution in [0.3, 0.4) is 0 Å². The summed E-state index contributed by atoms with van der Waals surface area (Å²) in [4.78, 5) is 12.3. The molecule has 3 aliphatic rings. The summed E-state index contributed by atoms with van der Waals surface area (Å²) in [5, 5.41) is 15.5. The molecule has 1 aliphatic heterocycles. The van der Waals surface area contributed by atoms with Gasteiger partial charge in [0.1, 0.15) is 11.9 Å². The molecule has 0 aromatic carbocycles. The summed E-state index contributed by atoms with van der Waals surface area (Å²) in [5.74, 6) is 0.823. The highest BCUT2D eigenvalue weighted by Gasteiger charge is 2.35. The van der Waals surface area contributed by atoms with Gasteiger partial charge in [0.15, 0.2) is 0 Å². The molecule has 0 saturated heterocycles. The Kier molecular flexibility index (Phi) is 4.14. The van der Waals surface area contributed by atoms with Crippen molar-refractivity contribution in [3.05, 3.63) is 24.0 Å². The van der Waals surface area contributed by atoms with E-state index in [1.54, 1.807) is 0 Å². The Morgan fingerprint density at radius 3 is 2.81 bits per heavy atom. The molecule has 1 atom stereocenters. The molecular weight excluding hydrogens is 326 g/mol. The minimum Gasteiger partial charge on any atom is -0.374 e. The van der Waals surface area contributed by atoms with E-state index in [-0.39, 0.29) is 0 Å². The third-order valence-electron chi connectivity index (χ3n) is 6.47. The normalized spacial score (nSPS) is 29.9. The largest absolute Gasteiger partial charge is 0.374 e. The molecule has 6 heteroatoms. The van der Waals surface area contributed by atoms with E-state index in [4.69, 9.17) is 0 Å². The number of rotatable bonds is 4. The highest BCUT2D eigenvalue weighted by molar-refractivity contribution is 5.92. The number of hydrogen-bond acceptors (Lipinski definition) is 5. The maximum absolute atomic E-state index is 10.7. The molecule has 3 N–H and O–H groups in total. The summed E-state index contributed by atoms with van der Waals surface area (Å²) >= 11 is 0. The number of anilines is 1. The fraction of sp³-hybridized carbons (Fsp3) is 0.650. The molecular formula is C20H29N5O. The monoisotopic (exact) mass is 355 g/mol. The van der Waals surface area contributed by atoms with E-state index in [0.29, 0.717) is 6.04 Å². The van der Waals surface area contributed by atoms with E-state index in [2.05, 4.69) is 26.3 Å². The summed E-state index contributed by atoms with van der Waals surface area (Å²) in [6.45, 7) is 1.96. The van der Waals surface area contributed by atoms with Gasteiger partial charge in [0.25, 0.3) is 0 Å². The van der Waals surface area contributed by atoms with Crippen LogP contribution in [0.1, 0.15) is 50.3 Å². The van der Waals surface area contributed by atoms with Crippen molar-refractivity contribution in [2.75, 3.05) is 25.2 Å². The second-order valence-corrected chi connectivity index (χ2v) is 8.40. The van der Waals surface area contributed by atoms with Crippen molar-refractivity contribution in [1.29, 1.82) is 0 Å². The number of aromatic amines is 1. The fourth-order valence-electron chi connectivity index (χ4n) is 4.72. The van der Waals surface area contributed by atoms with Crippen molar-refractivity contribution in [3.63, 3.8) is 0 Å². The Balaban J connectivity index is 1.37. The van der Waals surface area contributed by atoms with Crippen LogP contribution in [0.25, 0.3) is 11.0 Å². The van der Waals surface area contributed by atoms with Gasteiger partial charge in [-0.05, 0) is 64.1 Å². The van der Waals surface area contributed by atoms with Crippen LogP contribution in [-0.2, 0) is 0 Å². The molecule has 3 heterocycles. The van der Waals surface area contributed by atoms with Gasteiger partial charge in [-0.1, -0.05) is 0 Å². The van der Waals surface area contributed by atoms with E-state index < -0.39 is 6.23 Å². The molecule has 2 fully saturated rings. The lowest BCUT2D eigenvalue weighted by molar-refractivity contribution is 0.0111. The van der Waals surface area contributed by atoms with E-state index in [9.17, 15) is 5.11 Å². The first-order valence-corrected chi connectivity index (χ1v) is 10.0. The summed E-state index contributed by atoms with van der Waals surface area (Å²) in [6, 6.07) is 3.45. The number of nitrogens with zero attached hydrogens (tertiary/aromatic N) is 3. The van der Waals surface area contributed by atoms with Crippen molar-refractivity contribution in [3.8, 4) is 0 Å². The lowest BCUT2D eigenvalue weighted by Gasteiger charge is -2.46. The smallest absolute Gasteiger partial charge is 0.139 e. The topological polar surface area (TPSA) is 67.4 Å². The molecule has 140 valence electrons. The number of pyridine rings is 1. The Hall–Kier alpha value is -1.63. The molecule has 26 heavy (non-hydrogen) atoms. The van der Waals surface area contributed by atoms with Gasteiger partial charge in [0.05, 0.1) is 12.4 Å². The molecule has 1 unspecified atom stereocenters. The van der Waals surface area contributed by atoms with Crippen molar-refractivity contribution < 1.29 is 5.11 Å². The van der Waals surface area contributed by atoms with Crippen molar-refractivity contribution in [1.82, 2.24) is 20.2 Å². The van der Waals surface area contributed by atoms with Gasteiger partial charge in [-0.25, -0.2) is 4.98 Å². The zero-order valence-electron chi connectivity index (χ0n) is 15.5. The second-order valence-electron chi connectivity index (χ2n) is 8.40. The molecule has 5 rings (SSSR count). The molecule has 0 radical (unpaired) electrons. The van der Waals surface area contributed by atoms with E-state index in [0.717, 1.165) is 35.2 Å². The Morgan fingerprint density at radius 2 is 2.04 bits per heavy atom. The van der Waals surface area contributed by atoms with Gasteiger partial charge >= 0.3 is 0 Å². The van der Waals surface area contributed by atoms with Crippen molar-refractivity contribution >= 4 is 16.7 Å². The number of nitrogens with one attached hydrogen (secondary N) is 2. The van der Waals surface area contributed by atoms with Crippen molar-refractivity contribution in [2.45, 2.75) is 56.8 Å². The summed E-state index contributed by atoms with van der Waals surface area (Å²) in [6.07, 6.45) is 11.0. The lowest BCUT2D eigenvalue weighted by Crippen LogP contribution is -2.49. The first-order chi connectivity index (χ1) is 12.7. The van der Waals surface area contributed by atoms with Gasteiger partial charge in [-0.3, -0.25) is 4.90 Å². The third-order valence-corrected chi connectivity index (χ3v) is 6.47. The number of aliphatic hydroxyl groups is 1. The van der Waals surface area contributed by atoms with Crippen LogP contribution in [-0.4, -0.2) is 52.3 Å². The maximum Gasteiger partial charge on any atom is 0.139 e. The van der Waals surface area contributed by atoms with Gasteiger partial charge < -0.3 is 20.3 Å². The van der Waals surface area contributed by atoms with Crippen LogP contribution in [0.4, 0.5) is 5.69 Å². The Labute approximate surface area is 154 Å². The molecule has 2 saturated carbocycles. The molecule has 6 nitrogen and oxygen atoms in total. The van der Waals surface area contributed by atoms with Crippen LogP contribution in [0.15, 0.2) is 18.5 Å². The van der Waals surface area contributed by atoms with Crippen LogP contribution < -0.4 is 10.2 Å². The highest BCUT2D eigenvalue weighted by Crippen LogP contribution is 2.41. The highest BCUT2D eigenvalue weighted by atomic mass is 16.3. The summed E-state index contributed by atoms with van der Waals surface area (Å²) in [7, 11) is 1.99. The zero-order chi connectivity index (χ0) is 17.7. The van der Waals surface area contributed by atoms with E-state index in [1.807, 2.05) is 24.3 Å². The number of fused-ring (bicyclic) bond motifs is 3. The van der Waals surface area contributed by atoms with Gasteiger partial charge in [0, 0.05) is 35.4 Å². The van der Waals surface area contributed by atoms with Gasteiger partial charge in [-0.15, -0.1) is 0 Å². The molecule has 2 aromatic rings. The predicted molar refractivity (Wildman–Crippen MR) is 103 cm³/mol. The summed E-state index contributed by atoms with van der Waals surface area (Å²) < 4.78 is 0. The van der Waals surface area contributed by atoms with E-state index in [1.165, 1.54) is 50.8 Å². The first-order valence-electron chi connectivity index (χ1n) is 10.0. The molecule has 2 aromatic heterocycles. The van der Waals surface area contributed by atoms with Gasteiger partial charge in [-0.2, -0.15) is 0 Å². The van der Waals surface area contributed by atoms with Crippen LogP contribution >= 0.6 is 0 Å². The average Bonchev–Trinajstić information content (AvgIpc) is 3.37. The first kappa shape index (κ1) is 16.5. The SMILES string of the molecule is CN1CN([C@H]2CC[C@H](CNC3CC3)CC2)c2c(cnc3[nH]ccc23)C1O. The zero-order valence-corrected chi connectivity index (χ0v) is 15.5. The Morgan fingerprint density at radius 1 is 1.23 bits per heavy atom. The minimum atomic E-state index is -0.577. The maximum atomic E-state index is 10.7. The summed E-state index contributed by atoms with van der Waals surface area (Å²) in [5.41, 5.74) is 3.03. The fourth-order valence-corrected chi connectivity index (χ4v) is 4.72. The quantitative estimate of drug-likeness (QED) is 0.787. The molecule has 0 amide bonds. The van der Waals surface area contributed by atoms with Crippen LogP contribution in [0.2, 0.25) is 0 Å². The number of H-pyrrole nitrogens is 1. The number of hydrogen-bond donors (Lipinski definition) is 3. The predicted octanol–water partition coefficient (Wildman–Crippen LogP) is 2.57. The lowest BCUT2D eigenvalue weighted by atomic mass is 9.84. The van der Waals surface area contributed by atoms with E-state index >= 15 is 0 Å². The second kappa shape index (κ2) is 6.51. The third kappa shape index (κ3) is 2.90. The number of aromatic nitrogens is 2. The van der Waals surface area contributed by atoms with Crippen molar-refractivity contribution in [2.24, 2.45) is 5.92 Å². The standard InChI is InChI=1S/C20H29N5O/c1-24-12-25(15-6-2-13(3-7-15)10-22-14-4-5-14)18-16-8-9-21-19(16)23-11-17(18)20(24)26/h8-9,11,13-15,20,22,26H,2-7,10,12H2,1H3,(H,21,23)/t13-,15-,20?. The molecule has 2 aliphatic carbocycles. The van der Waals surface area contributed by atoms with Gasteiger partial charge in [0.2, 0.25) is 0 Å². The average molecular weight is 355 g/mol.